The molecule has 2 aromatic rings. The van der Waals surface area contributed by atoms with Crippen molar-refractivity contribution in [1.82, 2.24) is 0 Å². The highest BCUT2D eigenvalue weighted by Crippen LogP contribution is 2.31. The molecule has 2 rings (SSSR count). The summed E-state index contributed by atoms with van der Waals surface area (Å²) in [4.78, 5) is 12.4. The molecule has 0 saturated carbocycles. The minimum absolute atomic E-state index is 0.0215. The van der Waals surface area contributed by atoms with Gasteiger partial charge in [0.25, 0.3) is 0 Å². The van der Waals surface area contributed by atoms with E-state index >= 15 is 0 Å². The van der Waals surface area contributed by atoms with E-state index in [1.807, 2.05) is 0 Å². The summed E-state index contributed by atoms with van der Waals surface area (Å²) in [6.07, 6.45) is -4.43. The van der Waals surface area contributed by atoms with Crippen molar-refractivity contribution in [3.8, 4) is 0 Å². The minimum Gasteiger partial charge on any atom is -0.325 e. The molecule has 0 radical (unpaired) electrons. The Morgan fingerprint density at radius 1 is 1.12 bits per heavy atom. The Labute approximate surface area is 153 Å². The zero-order valence-electron chi connectivity index (χ0n) is 13.7. The molecule has 0 aliphatic heterocycles. The van der Waals surface area contributed by atoms with Crippen LogP contribution in [0.5, 0.6) is 0 Å². The number of rotatable bonds is 6. The fourth-order valence-electron chi connectivity index (χ4n) is 2.02. The summed E-state index contributed by atoms with van der Waals surface area (Å²) in [5, 5.41) is 2.58. The van der Waals surface area contributed by atoms with Gasteiger partial charge < -0.3 is 5.32 Å². The number of amides is 1. The van der Waals surface area contributed by atoms with Crippen molar-refractivity contribution in [2.45, 2.75) is 22.9 Å². The smallest absolute Gasteiger partial charge is 0.325 e. The van der Waals surface area contributed by atoms with Gasteiger partial charge in [-0.25, -0.2) is 8.42 Å². The standard InChI is InChI=1S/C17H16F3NO3S2/c1-2-26(23,24)15-8-6-13(7-9-15)21-16(22)11-25-14-5-3-4-12(10-14)17(18,19)20/h3-10H,2,11H2,1H3,(H,21,22). The maximum absolute atomic E-state index is 12.7. The van der Waals surface area contributed by atoms with Crippen molar-refractivity contribution in [2.24, 2.45) is 0 Å². The van der Waals surface area contributed by atoms with E-state index in [-0.39, 0.29) is 16.4 Å². The lowest BCUT2D eigenvalue weighted by Crippen LogP contribution is -2.14. The van der Waals surface area contributed by atoms with Crippen LogP contribution in [0.2, 0.25) is 0 Å². The van der Waals surface area contributed by atoms with Crippen LogP contribution < -0.4 is 5.32 Å². The third-order valence-corrected chi connectivity index (χ3v) is 6.15. The van der Waals surface area contributed by atoms with Gasteiger partial charge in [-0.1, -0.05) is 13.0 Å². The first-order valence-corrected chi connectivity index (χ1v) is 10.2. The number of alkyl halides is 3. The van der Waals surface area contributed by atoms with E-state index in [1.165, 1.54) is 43.3 Å². The monoisotopic (exact) mass is 403 g/mol. The molecule has 0 aliphatic rings. The molecule has 0 bridgehead atoms. The van der Waals surface area contributed by atoms with E-state index in [0.29, 0.717) is 10.6 Å². The molecule has 140 valence electrons. The van der Waals surface area contributed by atoms with E-state index in [4.69, 9.17) is 0 Å². The third-order valence-electron chi connectivity index (χ3n) is 3.41. The predicted octanol–water partition coefficient (Wildman–Crippen LogP) is 4.23. The molecule has 0 unspecified atom stereocenters. The van der Waals surface area contributed by atoms with Crippen LogP contribution in [-0.2, 0) is 20.8 Å². The van der Waals surface area contributed by atoms with Crippen LogP contribution in [0.25, 0.3) is 0 Å². The van der Waals surface area contributed by atoms with Crippen LogP contribution in [0.3, 0.4) is 0 Å². The Bertz CT molecular complexity index is 879. The van der Waals surface area contributed by atoms with Crippen molar-refractivity contribution in [2.75, 3.05) is 16.8 Å². The molecule has 0 saturated heterocycles. The molecule has 1 N–H and O–H groups in total. The highest BCUT2D eigenvalue weighted by molar-refractivity contribution is 8.00. The summed E-state index contributed by atoms with van der Waals surface area (Å²) in [7, 11) is -3.31. The molecule has 2 aromatic carbocycles. The number of benzene rings is 2. The van der Waals surface area contributed by atoms with Gasteiger partial charge in [-0.05, 0) is 42.5 Å². The second kappa shape index (κ2) is 8.13. The molecule has 0 fully saturated rings. The molecule has 0 heterocycles. The number of halogens is 3. The Morgan fingerprint density at radius 2 is 1.77 bits per heavy atom. The maximum Gasteiger partial charge on any atom is 0.416 e. The molecule has 1 amide bonds. The Hall–Kier alpha value is -2.00. The van der Waals surface area contributed by atoms with Crippen molar-refractivity contribution in [3.05, 3.63) is 54.1 Å². The summed E-state index contributed by atoms with van der Waals surface area (Å²) in [6, 6.07) is 10.5. The number of hydrogen-bond donors (Lipinski definition) is 1. The first kappa shape index (κ1) is 20.3. The number of carbonyl (C=O) groups excluding carboxylic acids is 1. The number of anilines is 1. The largest absolute Gasteiger partial charge is 0.416 e. The van der Waals surface area contributed by atoms with Gasteiger partial charge >= 0.3 is 6.18 Å². The van der Waals surface area contributed by atoms with Crippen LogP contribution in [0.1, 0.15) is 12.5 Å². The molecular formula is C17H16F3NO3S2. The Balaban J connectivity index is 1.95. The molecule has 26 heavy (non-hydrogen) atoms. The van der Waals surface area contributed by atoms with Gasteiger partial charge in [0, 0.05) is 10.6 Å². The highest BCUT2D eigenvalue weighted by Gasteiger charge is 2.30. The van der Waals surface area contributed by atoms with Crippen LogP contribution in [-0.4, -0.2) is 25.8 Å². The molecule has 0 aliphatic carbocycles. The normalized spacial score (nSPS) is 12.0. The van der Waals surface area contributed by atoms with Gasteiger partial charge in [-0.2, -0.15) is 13.2 Å². The lowest BCUT2D eigenvalue weighted by Gasteiger charge is -2.09. The van der Waals surface area contributed by atoms with Gasteiger partial charge in [0.05, 0.1) is 22.0 Å². The fraction of sp³-hybridized carbons (Fsp3) is 0.235. The number of carbonyl (C=O) groups is 1. The van der Waals surface area contributed by atoms with Gasteiger partial charge in [-0.3, -0.25) is 4.79 Å². The predicted molar refractivity (Wildman–Crippen MR) is 95.0 cm³/mol. The fourth-order valence-corrected chi connectivity index (χ4v) is 3.66. The van der Waals surface area contributed by atoms with Crippen molar-refractivity contribution < 1.29 is 26.4 Å². The number of sulfone groups is 1. The van der Waals surface area contributed by atoms with Gasteiger partial charge in [0.15, 0.2) is 9.84 Å². The second-order valence-electron chi connectivity index (χ2n) is 5.29. The quantitative estimate of drug-likeness (QED) is 0.734. The van der Waals surface area contributed by atoms with Crippen LogP contribution >= 0.6 is 11.8 Å². The highest BCUT2D eigenvalue weighted by atomic mass is 32.2. The third kappa shape index (κ3) is 5.50. The number of hydrogen-bond acceptors (Lipinski definition) is 4. The van der Waals surface area contributed by atoms with E-state index < -0.39 is 27.5 Å². The minimum atomic E-state index is -4.43. The summed E-state index contributed by atoms with van der Waals surface area (Å²) < 4.78 is 61.4. The van der Waals surface area contributed by atoms with Crippen LogP contribution in [0, 0.1) is 0 Å². The van der Waals surface area contributed by atoms with E-state index in [1.54, 1.807) is 0 Å². The van der Waals surface area contributed by atoms with E-state index in [0.717, 1.165) is 23.9 Å². The Kier molecular flexibility index (Phi) is 6.35. The number of nitrogens with one attached hydrogen (secondary N) is 1. The average Bonchev–Trinajstić information content (AvgIpc) is 2.60. The van der Waals surface area contributed by atoms with Crippen LogP contribution in [0.15, 0.2) is 58.3 Å². The molecule has 9 heteroatoms. The van der Waals surface area contributed by atoms with Gasteiger partial charge in [-0.15, -0.1) is 11.8 Å². The van der Waals surface area contributed by atoms with Crippen LogP contribution in [0.4, 0.5) is 18.9 Å². The zero-order valence-corrected chi connectivity index (χ0v) is 15.3. The van der Waals surface area contributed by atoms with Crippen molar-refractivity contribution >= 4 is 33.2 Å². The van der Waals surface area contributed by atoms with E-state index in [9.17, 15) is 26.4 Å². The zero-order chi connectivity index (χ0) is 19.4. The van der Waals surface area contributed by atoms with E-state index in [2.05, 4.69) is 5.32 Å². The first-order valence-electron chi connectivity index (χ1n) is 7.54. The lowest BCUT2D eigenvalue weighted by atomic mass is 10.2. The summed E-state index contributed by atoms with van der Waals surface area (Å²) >= 11 is 0.981. The first-order chi connectivity index (χ1) is 12.1. The molecule has 0 atom stereocenters. The molecule has 0 spiro atoms. The molecule has 0 aromatic heterocycles. The van der Waals surface area contributed by atoms with Gasteiger partial charge in [0.1, 0.15) is 0 Å². The molecular weight excluding hydrogens is 387 g/mol. The second-order valence-corrected chi connectivity index (χ2v) is 8.62. The Morgan fingerprint density at radius 3 is 2.35 bits per heavy atom. The summed E-state index contributed by atoms with van der Waals surface area (Å²) in [6.45, 7) is 1.54. The molecule has 4 nitrogen and oxygen atoms in total. The average molecular weight is 403 g/mol. The number of thioether (sulfide) groups is 1. The topological polar surface area (TPSA) is 63.2 Å². The summed E-state index contributed by atoms with van der Waals surface area (Å²) in [5.74, 6) is -0.499. The SMILES string of the molecule is CCS(=O)(=O)c1ccc(NC(=O)CSc2cccc(C(F)(F)F)c2)cc1. The van der Waals surface area contributed by atoms with Gasteiger partial charge in [0.2, 0.25) is 5.91 Å². The summed E-state index contributed by atoms with van der Waals surface area (Å²) in [5.41, 5.74) is -0.356. The van der Waals surface area contributed by atoms with Crippen molar-refractivity contribution in [1.29, 1.82) is 0 Å². The van der Waals surface area contributed by atoms with Crippen molar-refractivity contribution in [3.63, 3.8) is 0 Å². The maximum atomic E-state index is 12.7. The lowest BCUT2D eigenvalue weighted by molar-refractivity contribution is -0.137.